The van der Waals surface area contributed by atoms with Crippen molar-refractivity contribution in [1.82, 2.24) is 9.97 Å². The van der Waals surface area contributed by atoms with Gasteiger partial charge in [-0.05, 0) is 19.1 Å². The molecule has 1 heterocycles. The average molecular weight is 234 g/mol. The molecule has 0 aliphatic rings. The van der Waals surface area contributed by atoms with Crippen molar-refractivity contribution in [3.63, 3.8) is 0 Å². The zero-order valence-corrected chi connectivity index (χ0v) is 9.41. The van der Waals surface area contributed by atoms with Crippen molar-refractivity contribution in [2.45, 2.75) is 16.8 Å². The topological polar surface area (TPSA) is 66.0 Å². The number of aromatic nitrogens is 2. The molecular formula is C11H10N2O2S. The fourth-order valence-corrected chi connectivity index (χ4v) is 2.15. The van der Waals surface area contributed by atoms with Crippen molar-refractivity contribution in [3.8, 4) is 5.75 Å². The van der Waals surface area contributed by atoms with E-state index in [1.54, 1.807) is 25.1 Å². The molecule has 2 aromatic rings. The normalized spacial score (nSPS) is 10.3. The minimum absolute atomic E-state index is 0.187. The SMILES string of the molecule is Cc1nc(Sc2ccccc2O)cc(=O)[nH]1. The summed E-state index contributed by atoms with van der Waals surface area (Å²) < 4.78 is 0. The van der Waals surface area contributed by atoms with Crippen LogP contribution in [-0.2, 0) is 0 Å². The van der Waals surface area contributed by atoms with Crippen LogP contribution in [0.15, 0.2) is 45.0 Å². The summed E-state index contributed by atoms with van der Waals surface area (Å²) in [6.45, 7) is 1.72. The van der Waals surface area contributed by atoms with Crippen molar-refractivity contribution in [1.29, 1.82) is 0 Å². The van der Waals surface area contributed by atoms with Crippen LogP contribution >= 0.6 is 11.8 Å². The second-order valence-corrected chi connectivity index (χ2v) is 4.30. The number of rotatable bonds is 2. The molecule has 0 aliphatic carbocycles. The minimum atomic E-state index is -0.189. The summed E-state index contributed by atoms with van der Waals surface area (Å²) in [5.41, 5.74) is -0.189. The highest BCUT2D eigenvalue weighted by Crippen LogP contribution is 2.32. The summed E-state index contributed by atoms with van der Waals surface area (Å²) in [5, 5.41) is 10.1. The van der Waals surface area contributed by atoms with E-state index in [0.29, 0.717) is 15.7 Å². The first-order chi connectivity index (χ1) is 7.65. The molecule has 4 nitrogen and oxygen atoms in total. The molecule has 0 saturated heterocycles. The molecule has 0 radical (unpaired) electrons. The van der Waals surface area contributed by atoms with Gasteiger partial charge < -0.3 is 10.1 Å². The highest BCUT2D eigenvalue weighted by Gasteiger charge is 2.04. The number of H-pyrrole nitrogens is 1. The maximum Gasteiger partial charge on any atom is 0.251 e. The summed E-state index contributed by atoms with van der Waals surface area (Å²) in [4.78, 5) is 18.6. The summed E-state index contributed by atoms with van der Waals surface area (Å²) in [5.74, 6) is 0.748. The number of aromatic amines is 1. The van der Waals surface area contributed by atoms with Crippen LogP contribution in [0.4, 0.5) is 0 Å². The van der Waals surface area contributed by atoms with Crippen LogP contribution in [-0.4, -0.2) is 15.1 Å². The Bertz CT molecular complexity index is 566. The summed E-state index contributed by atoms with van der Waals surface area (Å²) in [6.07, 6.45) is 0. The fourth-order valence-electron chi connectivity index (χ4n) is 1.26. The van der Waals surface area contributed by atoms with Crippen LogP contribution in [0.5, 0.6) is 5.75 Å². The standard InChI is InChI=1S/C11H10N2O2S/c1-7-12-10(15)6-11(13-7)16-9-5-3-2-4-8(9)14/h2-6,14H,1H3,(H,12,13,15). The highest BCUT2D eigenvalue weighted by atomic mass is 32.2. The second-order valence-electron chi connectivity index (χ2n) is 3.24. The molecule has 2 rings (SSSR count). The zero-order valence-electron chi connectivity index (χ0n) is 8.60. The van der Waals surface area contributed by atoms with Crippen molar-refractivity contribution in [3.05, 3.63) is 46.5 Å². The molecular weight excluding hydrogens is 224 g/mol. The van der Waals surface area contributed by atoms with E-state index in [-0.39, 0.29) is 11.3 Å². The van der Waals surface area contributed by atoms with Crippen LogP contribution in [0.1, 0.15) is 5.82 Å². The monoisotopic (exact) mass is 234 g/mol. The number of phenolic OH excluding ortho intramolecular Hbond substituents is 1. The number of nitrogens with zero attached hydrogens (tertiary/aromatic N) is 1. The molecule has 2 N–H and O–H groups in total. The third-order valence-corrected chi connectivity index (χ3v) is 2.90. The Balaban J connectivity index is 2.34. The summed E-state index contributed by atoms with van der Waals surface area (Å²) in [7, 11) is 0. The van der Waals surface area contributed by atoms with Gasteiger partial charge in [0.05, 0.1) is 4.90 Å². The van der Waals surface area contributed by atoms with E-state index in [2.05, 4.69) is 9.97 Å². The quantitative estimate of drug-likeness (QED) is 0.779. The molecule has 82 valence electrons. The lowest BCUT2D eigenvalue weighted by atomic mass is 10.3. The molecule has 1 aromatic heterocycles. The molecule has 0 atom stereocenters. The number of hydrogen-bond acceptors (Lipinski definition) is 4. The predicted octanol–water partition coefficient (Wildman–Crippen LogP) is 1.94. The van der Waals surface area contributed by atoms with Crippen LogP contribution in [0.2, 0.25) is 0 Å². The van der Waals surface area contributed by atoms with Crippen molar-refractivity contribution >= 4 is 11.8 Å². The van der Waals surface area contributed by atoms with Gasteiger partial charge in [-0.15, -0.1) is 0 Å². The van der Waals surface area contributed by atoms with E-state index < -0.39 is 0 Å². The smallest absolute Gasteiger partial charge is 0.251 e. The number of phenols is 1. The number of aromatic hydroxyl groups is 1. The van der Waals surface area contributed by atoms with Crippen LogP contribution in [0.25, 0.3) is 0 Å². The molecule has 16 heavy (non-hydrogen) atoms. The molecule has 5 heteroatoms. The average Bonchev–Trinajstić information content (AvgIpc) is 2.20. The Labute approximate surface area is 96.4 Å². The maximum absolute atomic E-state index is 11.2. The lowest BCUT2D eigenvalue weighted by molar-refractivity contribution is 0.462. The van der Waals surface area contributed by atoms with Crippen molar-refractivity contribution in [2.24, 2.45) is 0 Å². The molecule has 0 aliphatic heterocycles. The van der Waals surface area contributed by atoms with Gasteiger partial charge in [-0.3, -0.25) is 4.79 Å². The Morgan fingerprint density at radius 1 is 1.38 bits per heavy atom. The molecule has 0 spiro atoms. The number of aryl methyl sites for hydroxylation is 1. The molecule has 1 aromatic carbocycles. The molecule has 0 saturated carbocycles. The zero-order chi connectivity index (χ0) is 11.5. The number of hydrogen-bond donors (Lipinski definition) is 2. The lowest BCUT2D eigenvalue weighted by Gasteiger charge is -2.03. The lowest BCUT2D eigenvalue weighted by Crippen LogP contribution is -2.07. The Hall–Kier alpha value is -1.75. The third-order valence-electron chi connectivity index (χ3n) is 1.92. The highest BCUT2D eigenvalue weighted by molar-refractivity contribution is 7.99. The first-order valence-electron chi connectivity index (χ1n) is 4.69. The Morgan fingerprint density at radius 3 is 2.81 bits per heavy atom. The van der Waals surface area contributed by atoms with Gasteiger partial charge >= 0.3 is 0 Å². The fraction of sp³-hybridized carbons (Fsp3) is 0.0909. The van der Waals surface area contributed by atoms with Gasteiger partial charge in [0.25, 0.3) is 5.56 Å². The minimum Gasteiger partial charge on any atom is -0.507 e. The van der Waals surface area contributed by atoms with E-state index in [1.807, 2.05) is 6.07 Å². The van der Waals surface area contributed by atoms with E-state index in [1.165, 1.54) is 17.8 Å². The third kappa shape index (κ3) is 2.43. The van der Waals surface area contributed by atoms with Crippen molar-refractivity contribution in [2.75, 3.05) is 0 Å². The first kappa shape index (κ1) is 10.8. The Kier molecular flexibility index (Phi) is 2.96. The van der Waals surface area contributed by atoms with E-state index in [0.717, 1.165) is 0 Å². The van der Waals surface area contributed by atoms with E-state index in [9.17, 15) is 9.90 Å². The van der Waals surface area contributed by atoms with Crippen LogP contribution < -0.4 is 5.56 Å². The predicted molar refractivity (Wildman–Crippen MR) is 61.8 cm³/mol. The largest absolute Gasteiger partial charge is 0.507 e. The van der Waals surface area contributed by atoms with Gasteiger partial charge in [0.1, 0.15) is 16.6 Å². The van der Waals surface area contributed by atoms with Gasteiger partial charge in [0.2, 0.25) is 0 Å². The van der Waals surface area contributed by atoms with Crippen LogP contribution in [0, 0.1) is 6.92 Å². The number of para-hydroxylation sites is 1. The van der Waals surface area contributed by atoms with E-state index in [4.69, 9.17) is 0 Å². The van der Waals surface area contributed by atoms with E-state index >= 15 is 0 Å². The molecule has 0 bridgehead atoms. The Morgan fingerprint density at radius 2 is 2.12 bits per heavy atom. The van der Waals surface area contributed by atoms with Crippen LogP contribution in [0.3, 0.4) is 0 Å². The van der Waals surface area contributed by atoms with Gasteiger partial charge in [-0.2, -0.15) is 0 Å². The molecule has 0 fully saturated rings. The summed E-state index contributed by atoms with van der Waals surface area (Å²) >= 11 is 1.26. The number of nitrogens with one attached hydrogen (secondary N) is 1. The second kappa shape index (κ2) is 4.40. The summed E-state index contributed by atoms with van der Waals surface area (Å²) in [6, 6.07) is 8.35. The molecule has 0 unspecified atom stereocenters. The van der Waals surface area contributed by atoms with Gasteiger partial charge in [0.15, 0.2) is 0 Å². The van der Waals surface area contributed by atoms with Gasteiger partial charge in [-0.1, -0.05) is 23.9 Å². The van der Waals surface area contributed by atoms with Gasteiger partial charge in [0, 0.05) is 6.07 Å². The van der Waals surface area contributed by atoms with Gasteiger partial charge in [-0.25, -0.2) is 4.98 Å². The van der Waals surface area contributed by atoms with Crippen molar-refractivity contribution < 1.29 is 5.11 Å². The number of benzene rings is 1. The maximum atomic E-state index is 11.2. The first-order valence-corrected chi connectivity index (χ1v) is 5.50. The molecule has 0 amide bonds.